The Morgan fingerprint density at radius 3 is 2.60 bits per heavy atom. The van der Waals surface area contributed by atoms with Crippen LogP contribution in [0, 0.1) is 0 Å². The zero-order valence-electron chi connectivity index (χ0n) is 16.9. The number of oxazole rings is 1. The largest absolute Gasteiger partial charge is 0.398 e. The summed E-state index contributed by atoms with van der Waals surface area (Å²) in [6.45, 7) is 6.01. The van der Waals surface area contributed by atoms with E-state index in [4.69, 9.17) is 16.0 Å². The van der Waals surface area contributed by atoms with Gasteiger partial charge in [-0.2, -0.15) is 4.57 Å². The maximum Gasteiger partial charge on any atom is 0.376 e. The van der Waals surface area contributed by atoms with Gasteiger partial charge in [-0.15, -0.1) is 0 Å². The van der Waals surface area contributed by atoms with Crippen molar-refractivity contribution < 1.29 is 8.98 Å². The molecule has 0 radical (unpaired) electrons. The molecule has 2 heterocycles. The highest BCUT2D eigenvalue weighted by atomic mass is 35.5. The summed E-state index contributed by atoms with van der Waals surface area (Å²) in [6, 6.07) is 22.9. The number of benzene rings is 3. The van der Waals surface area contributed by atoms with E-state index in [1.54, 1.807) is 11.8 Å². The highest BCUT2D eigenvalue weighted by Crippen LogP contribution is 2.47. The van der Waals surface area contributed by atoms with E-state index in [2.05, 4.69) is 77.9 Å². The Kier molecular flexibility index (Phi) is 5.05. The van der Waals surface area contributed by atoms with Crippen LogP contribution >= 0.6 is 23.4 Å². The normalized spacial score (nSPS) is 14.6. The van der Waals surface area contributed by atoms with Crippen LogP contribution < -0.4 is 9.47 Å². The van der Waals surface area contributed by atoms with Crippen molar-refractivity contribution in [2.75, 3.05) is 11.4 Å². The summed E-state index contributed by atoms with van der Waals surface area (Å²) in [5.74, 6) is 0.859. The van der Waals surface area contributed by atoms with Gasteiger partial charge < -0.3 is 9.32 Å². The molecule has 5 rings (SSSR count). The maximum atomic E-state index is 6.28. The van der Waals surface area contributed by atoms with Crippen molar-refractivity contribution in [1.29, 1.82) is 0 Å². The first-order valence-corrected chi connectivity index (χ1v) is 11.4. The lowest BCUT2D eigenvalue weighted by Gasteiger charge is -2.17. The summed E-state index contributed by atoms with van der Waals surface area (Å²) in [6.07, 6.45) is 2.15. The van der Waals surface area contributed by atoms with Gasteiger partial charge in [-0.1, -0.05) is 59.8 Å². The first kappa shape index (κ1) is 19.3. The van der Waals surface area contributed by atoms with Gasteiger partial charge in [0, 0.05) is 22.5 Å². The van der Waals surface area contributed by atoms with Gasteiger partial charge in [0.05, 0.1) is 16.8 Å². The predicted molar refractivity (Wildman–Crippen MR) is 126 cm³/mol. The fourth-order valence-electron chi connectivity index (χ4n) is 3.96. The number of hydrogen-bond donors (Lipinski definition) is 0. The third-order valence-corrected chi connectivity index (χ3v) is 6.76. The van der Waals surface area contributed by atoms with E-state index in [1.807, 2.05) is 18.2 Å². The Morgan fingerprint density at radius 2 is 1.83 bits per heavy atom. The fraction of sp³-hybridized carbons (Fsp3) is 0.160. The van der Waals surface area contributed by atoms with E-state index >= 15 is 0 Å². The van der Waals surface area contributed by atoms with E-state index in [-0.39, 0.29) is 0 Å². The minimum atomic E-state index is 0.759. The predicted octanol–water partition coefficient (Wildman–Crippen LogP) is 6.99. The van der Waals surface area contributed by atoms with Crippen LogP contribution in [0.25, 0.3) is 28.3 Å². The summed E-state index contributed by atoms with van der Waals surface area (Å²) in [4.78, 5) is 3.51. The third-order valence-electron chi connectivity index (χ3n) is 5.41. The zero-order valence-corrected chi connectivity index (χ0v) is 18.5. The lowest BCUT2D eigenvalue weighted by atomic mass is 10.1. The topological polar surface area (TPSA) is 20.3 Å². The fourth-order valence-corrected chi connectivity index (χ4v) is 5.26. The van der Waals surface area contributed by atoms with Crippen LogP contribution in [-0.2, 0) is 6.54 Å². The molecule has 1 aliphatic heterocycles. The number of fused-ring (bicyclic) bond motifs is 2. The smallest absolute Gasteiger partial charge is 0.376 e. The number of halogens is 1. The van der Waals surface area contributed by atoms with Crippen LogP contribution in [0.1, 0.15) is 19.7 Å². The third kappa shape index (κ3) is 3.30. The molecule has 0 spiro atoms. The van der Waals surface area contributed by atoms with Crippen molar-refractivity contribution in [1.82, 2.24) is 0 Å². The van der Waals surface area contributed by atoms with Crippen LogP contribution in [0.2, 0.25) is 5.02 Å². The highest BCUT2D eigenvalue weighted by molar-refractivity contribution is 8.03. The molecule has 0 N–H and O–H groups in total. The van der Waals surface area contributed by atoms with Crippen LogP contribution in [0.4, 0.5) is 5.69 Å². The van der Waals surface area contributed by atoms with E-state index in [1.165, 1.54) is 16.0 Å². The molecule has 0 amide bonds. The summed E-state index contributed by atoms with van der Waals surface area (Å²) in [7, 11) is 0. The first-order valence-electron chi connectivity index (χ1n) is 10.2. The Morgan fingerprint density at radius 1 is 1.00 bits per heavy atom. The van der Waals surface area contributed by atoms with Crippen LogP contribution in [0.3, 0.4) is 0 Å². The summed E-state index contributed by atoms with van der Waals surface area (Å²) < 4.78 is 8.51. The molecule has 3 aromatic carbocycles. The van der Waals surface area contributed by atoms with Gasteiger partial charge in [-0.05, 0) is 49.2 Å². The second-order valence-electron chi connectivity index (χ2n) is 7.17. The summed E-state index contributed by atoms with van der Waals surface area (Å²) in [5, 5.41) is 1.91. The number of aromatic nitrogens is 1. The molecule has 150 valence electrons. The van der Waals surface area contributed by atoms with Gasteiger partial charge in [-0.25, -0.2) is 0 Å². The lowest BCUT2D eigenvalue weighted by molar-refractivity contribution is -0.674. The van der Waals surface area contributed by atoms with Gasteiger partial charge in [0.1, 0.15) is 6.54 Å². The zero-order chi connectivity index (χ0) is 20.7. The molecule has 30 heavy (non-hydrogen) atoms. The van der Waals surface area contributed by atoms with E-state index in [9.17, 15) is 0 Å². The Balaban J connectivity index is 1.59. The van der Waals surface area contributed by atoms with E-state index in [0.717, 1.165) is 45.8 Å². The summed E-state index contributed by atoms with van der Waals surface area (Å²) in [5.41, 5.74) is 5.57. The van der Waals surface area contributed by atoms with Crippen LogP contribution in [0.15, 0.2) is 81.1 Å². The molecule has 1 aromatic heterocycles. The standard InChI is InChI=1S/C25H22ClN2OS/c1-3-27-20-14-18(17-8-6-5-7-9-17)10-12-22(20)29-24(27)16-25-28(4-2)21-15-19(26)11-13-23(21)30-25/h5-16H,3-4H2,1-2H3/q+1. The molecule has 0 bridgehead atoms. The lowest BCUT2D eigenvalue weighted by Crippen LogP contribution is -2.34. The SMILES string of the molecule is CCN1C(=Cc2oc3ccc(-c4ccccc4)cc3[n+]2CC)Sc2ccc(Cl)cc21. The second kappa shape index (κ2) is 7.86. The van der Waals surface area contributed by atoms with Crippen LogP contribution in [0.5, 0.6) is 0 Å². The van der Waals surface area contributed by atoms with Crippen molar-refractivity contribution >= 4 is 46.2 Å². The van der Waals surface area contributed by atoms with E-state index < -0.39 is 0 Å². The highest BCUT2D eigenvalue weighted by Gasteiger charge is 2.28. The monoisotopic (exact) mass is 433 g/mol. The van der Waals surface area contributed by atoms with E-state index in [0.29, 0.717) is 0 Å². The average Bonchev–Trinajstić information content (AvgIpc) is 3.30. The molecule has 1 aliphatic rings. The number of hydrogen-bond acceptors (Lipinski definition) is 3. The van der Waals surface area contributed by atoms with Crippen molar-refractivity contribution in [2.24, 2.45) is 0 Å². The van der Waals surface area contributed by atoms with Crippen LogP contribution in [-0.4, -0.2) is 6.54 Å². The van der Waals surface area contributed by atoms with Crippen molar-refractivity contribution in [3.05, 3.63) is 82.7 Å². The molecule has 0 fully saturated rings. The number of aryl methyl sites for hydroxylation is 1. The van der Waals surface area contributed by atoms with Gasteiger partial charge >= 0.3 is 5.89 Å². The molecule has 5 heteroatoms. The van der Waals surface area contributed by atoms with Gasteiger partial charge in [0.2, 0.25) is 5.58 Å². The number of rotatable bonds is 4. The molecule has 0 saturated carbocycles. The maximum absolute atomic E-state index is 6.28. The van der Waals surface area contributed by atoms with Crippen molar-refractivity contribution in [3.63, 3.8) is 0 Å². The number of nitrogens with zero attached hydrogens (tertiary/aromatic N) is 2. The molecule has 4 aromatic rings. The average molecular weight is 434 g/mol. The van der Waals surface area contributed by atoms with Gasteiger partial charge in [0.25, 0.3) is 5.52 Å². The summed E-state index contributed by atoms with van der Waals surface area (Å²) >= 11 is 8.00. The van der Waals surface area contributed by atoms with Crippen molar-refractivity contribution in [2.45, 2.75) is 25.3 Å². The molecular weight excluding hydrogens is 412 g/mol. The number of anilines is 1. The molecule has 0 atom stereocenters. The minimum absolute atomic E-state index is 0.759. The van der Waals surface area contributed by atoms with Gasteiger partial charge in [0.15, 0.2) is 0 Å². The Hall–Kier alpha value is -2.69. The molecule has 0 saturated heterocycles. The second-order valence-corrected chi connectivity index (χ2v) is 8.67. The van der Waals surface area contributed by atoms with Gasteiger partial charge in [-0.3, -0.25) is 0 Å². The Labute approximate surface area is 185 Å². The molecule has 0 aliphatic carbocycles. The molecule has 3 nitrogen and oxygen atoms in total. The quantitative estimate of drug-likeness (QED) is 0.323. The molecular formula is C25H22ClN2OS+. The number of thioether (sulfide) groups is 1. The minimum Gasteiger partial charge on any atom is -0.398 e. The Bertz CT molecular complexity index is 1260. The van der Waals surface area contributed by atoms with Crippen molar-refractivity contribution in [3.8, 4) is 11.1 Å². The first-order chi connectivity index (χ1) is 14.7. The molecule has 0 unspecified atom stereocenters.